The Morgan fingerprint density at radius 1 is 1.36 bits per heavy atom. The van der Waals surface area contributed by atoms with Gasteiger partial charge in [-0.25, -0.2) is 4.98 Å². The van der Waals surface area contributed by atoms with E-state index in [2.05, 4.69) is 15.5 Å². The van der Waals surface area contributed by atoms with E-state index in [1.807, 2.05) is 0 Å². The van der Waals surface area contributed by atoms with Gasteiger partial charge in [-0.2, -0.15) is 0 Å². The maximum atomic E-state index is 12.2. The number of aryl methyl sites for hydroxylation is 1. The highest BCUT2D eigenvalue weighted by Crippen LogP contribution is 2.20. The zero-order valence-electron chi connectivity index (χ0n) is 11.8. The molecule has 0 saturated carbocycles. The second kappa shape index (κ2) is 6.76. The lowest BCUT2D eigenvalue weighted by molar-refractivity contribution is -0.116. The summed E-state index contributed by atoms with van der Waals surface area (Å²) in [5.41, 5.74) is 0.238. The van der Waals surface area contributed by atoms with Crippen molar-refractivity contribution in [1.29, 1.82) is 0 Å². The molecule has 0 saturated heterocycles. The van der Waals surface area contributed by atoms with Gasteiger partial charge in [0, 0.05) is 19.3 Å². The Morgan fingerprint density at radius 2 is 2.09 bits per heavy atom. The molecule has 9 heteroatoms. The first-order valence-corrected chi connectivity index (χ1v) is 6.92. The summed E-state index contributed by atoms with van der Waals surface area (Å²) in [5.74, 6) is 0.0517. The van der Waals surface area contributed by atoms with Gasteiger partial charge in [-0.05, 0) is 13.0 Å². The van der Waals surface area contributed by atoms with Gasteiger partial charge in [0.15, 0.2) is 5.82 Å². The first-order chi connectivity index (χ1) is 10.4. The van der Waals surface area contributed by atoms with Gasteiger partial charge >= 0.3 is 0 Å². The van der Waals surface area contributed by atoms with E-state index in [4.69, 9.17) is 27.7 Å². The number of halogens is 2. The van der Waals surface area contributed by atoms with Crippen LogP contribution in [0.4, 0.5) is 5.82 Å². The van der Waals surface area contributed by atoms with Crippen LogP contribution in [0.15, 0.2) is 22.9 Å². The molecule has 2 amide bonds. The highest BCUT2D eigenvalue weighted by Gasteiger charge is 2.17. The van der Waals surface area contributed by atoms with Crippen molar-refractivity contribution in [3.05, 3.63) is 39.8 Å². The summed E-state index contributed by atoms with van der Waals surface area (Å²) >= 11 is 11.5. The van der Waals surface area contributed by atoms with Crippen LogP contribution in [0.3, 0.4) is 0 Å². The maximum Gasteiger partial charge on any atom is 0.255 e. The summed E-state index contributed by atoms with van der Waals surface area (Å²) in [6.45, 7) is 1.54. The van der Waals surface area contributed by atoms with Crippen molar-refractivity contribution in [2.24, 2.45) is 0 Å². The van der Waals surface area contributed by atoms with Gasteiger partial charge in [-0.1, -0.05) is 28.4 Å². The largest absolute Gasteiger partial charge is 0.360 e. The van der Waals surface area contributed by atoms with Gasteiger partial charge in [0.1, 0.15) is 10.9 Å². The minimum Gasteiger partial charge on any atom is -0.360 e. The summed E-state index contributed by atoms with van der Waals surface area (Å²) in [5, 5.41) is 6.44. The lowest BCUT2D eigenvalue weighted by Crippen LogP contribution is -2.35. The molecule has 116 valence electrons. The van der Waals surface area contributed by atoms with Gasteiger partial charge in [-0.3, -0.25) is 9.59 Å². The smallest absolute Gasteiger partial charge is 0.255 e. The van der Waals surface area contributed by atoms with Crippen LogP contribution in [0, 0.1) is 6.92 Å². The third-order valence-electron chi connectivity index (χ3n) is 2.67. The highest BCUT2D eigenvalue weighted by atomic mass is 35.5. The fraction of sp³-hybridized carbons (Fsp3) is 0.231. The minimum absolute atomic E-state index is 0.111. The molecule has 0 spiro atoms. The molecule has 1 N–H and O–H groups in total. The van der Waals surface area contributed by atoms with E-state index in [-0.39, 0.29) is 22.3 Å². The van der Waals surface area contributed by atoms with E-state index >= 15 is 0 Å². The van der Waals surface area contributed by atoms with Crippen molar-refractivity contribution in [2.45, 2.75) is 6.92 Å². The number of hydrogen-bond donors (Lipinski definition) is 1. The van der Waals surface area contributed by atoms with Crippen LogP contribution in [-0.2, 0) is 4.79 Å². The van der Waals surface area contributed by atoms with Gasteiger partial charge in [-0.15, -0.1) is 0 Å². The van der Waals surface area contributed by atoms with E-state index in [1.54, 1.807) is 13.0 Å². The number of pyridine rings is 1. The van der Waals surface area contributed by atoms with Crippen LogP contribution >= 0.6 is 23.2 Å². The number of carbonyl (C=O) groups excluding carboxylic acids is 2. The number of anilines is 1. The topological polar surface area (TPSA) is 88.3 Å². The van der Waals surface area contributed by atoms with Crippen molar-refractivity contribution in [2.75, 3.05) is 18.9 Å². The number of amides is 2. The first-order valence-electron chi connectivity index (χ1n) is 6.16. The predicted molar refractivity (Wildman–Crippen MR) is 81.1 cm³/mol. The number of hydrogen-bond acceptors (Lipinski definition) is 5. The molecule has 0 aliphatic rings. The highest BCUT2D eigenvalue weighted by molar-refractivity contribution is 6.41. The van der Waals surface area contributed by atoms with Crippen molar-refractivity contribution in [1.82, 2.24) is 15.0 Å². The zero-order valence-corrected chi connectivity index (χ0v) is 13.3. The molecule has 2 rings (SSSR count). The summed E-state index contributed by atoms with van der Waals surface area (Å²) < 4.78 is 4.83. The molecular weight excluding hydrogens is 331 g/mol. The Balaban J connectivity index is 1.98. The standard InChI is InChI=1S/C13H12Cl2N4O3/c1-7-3-10(18-22-7)17-11(20)6-19(2)13(21)8-4-9(14)12(15)16-5-8/h3-5H,6H2,1-2H3,(H,17,18,20). The normalized spacial score (nSPS) is 10.4. The average molecular weight is 343 g/mol. The molecule has 22 heavy (non-hydrogen) atoms. The SMILES string of the molecule is Cc1cc(NC(=O)CN(C)C(=O)c2cnc(Cl)c(Cl)c2)no1. The van der Waals surface area contributed by atoms with Gasteiger partial charge < -0.3 is 14.7 Å². The first kappa shape index (κ1) is 16.3. The molecule has 0 fully saturated rings. The van der Waals surface area contributed by atoms with Gasteiger partial charge in [0.05, 0.1) is 17.1 Å². The van der Waals surface area contributed by atoms with E-state index in [0.717, 1.165) is 0 Å². The van der Waals surface area contributed by atoms with E-state index in [0.29, 0.717) is 11.6 Å². The molecule has 0 aliphatic heterocycles. The zero-order chi connectivity index (χ0) is 16.3. The molecule has 2 aromatic rings. The Bertz CT molecular complexity index is 717. The number of aromatic nitrogens is 2. The molecule has 0 bridgehead atoms. The lowest BCUT2D eigenvalue weighted by Gasteiger charge is -2.16. The lowest BCUT2D eigenvalue weighted by atomic mass is 10.2. The summed E-state index contributed by atoms with van der Waals surface area (Å²) in [7, 11) is 1.48. The van der Waals surface area contributed by atoms with Gasteiger partial charge in [0.25, 0.3) is 5.91 Å². The van der Waals surface area contributed by atoms with Crippen LogP contribution in [0.2, 0.25) is 10.2 Å². The van der Waals surface area contributed by atoms with Crippen LogP contribution in [-0.4, -0.2) is 40.4 Å². The molecule has 0 atom stereocenters. The minimum atomic E-state index is -0.405. The molecular formula is C13H12Cl2N4O3. The molecule has 0 aromatic carbocycles. The Hall–Kier alpha value is -2.12. The molecule has 0 radical (unpaired) electrons. The Labute approximate surface area is 136 Å². The number of nitrogens with zero attached hydrogens (tertiary/aromatic N) is 3. The van der Waals surface area contributed by atoms with Crippen LogP contribution < -0.4 is 5.32 Å². The Morgan fingerprint density at radius 3 is 2.68 bits per heavy atom. The van der Waals surface area contributed by atoms with Crippen molar-refractivity contribution in [3.63, 3.8) is 0 Å². The van der Waals surface area contributed by atoms with Crippen molar-refractivity contribution >= 4 is 40.8 Å². The predicted octanol–water partition coefficient (Wildman–Crippen LogP) is 2.40. The van der Waals surface area contributed by atoms with Crippen molar-refractivity contribution < 1.29 is 14.1 Å². The molecule has 7 nitrogen and oxygen atoms in total. The number of carbonyl (C=O) groups is 2. The molecule has 2 aromatic heterocycles. The number of rotatable bonds is 4. The van der Waals surface area contributed by atoms with E-state index in [1.165, 1.54) is 24.2 Å². The second-order valence-corrected chi connectivity index (χ2v) is 5.29. The summed E-state index contributed by atoms with van der Waals surface area (Å²) in [6, 6.07) is 2.97. The summed E-state index contributed by atoms with van der Waals surface area (Å²) in [6.07, 6.45) is 1.30. The van der Waals surface area contributed by atoms with E-state index < -0.39 is 11.8 Å². The van der Waals surface area contributed by atoms with Gasteiger partial charge in [0.2, 0.25) is 5.91 Å². The van der Waals surface area contributed by atoms with Crippen LogP contribution in [0.5, 0.6) is 0 Å². The van der Waals surface area contributed by atoms with Crippen LogP contribution in [0.25, 0.3) is 0 Å². The average Bonchev–Trinajstić information content (AvgIpc) is 2.86. The van der Waals surface area contributed by atoms with Crippen LogP contribution in [0.1, 0.15) is 16.1 Å². The van der Waals surface area contributed by atoms with E-state index in [9.17, 15) is 9.59 Å². The molecule has 0 aliphatic carbocycles. The monoisotopic (exact) mass is 342 g/mol. The fourth-order valence-electron chi connectivity index (χ4n) is 1.65. The summed E-state index contributed by atoms with van der Waals surface area (Å²) in [4.78, 5) is 29.0. The maximum absolute atomic E-state index is 12.2. The Kier molecular flexibility index (Phi) is 4.99. The third-order valence-corrected chi connectivity index (χ3v) is 3.35. The number of nitrogens with one attached hydrogen (secondary N) is 1. The fourth-order valence-corrected chi connectivity index (χ4v) is 1.92. The molecule has 2 heterocycles. The number of likely N-dealkylation sites (N-methyl/N-ethyl adjacent to an activating group) is 1. The second-order valence-electron chi connectivity index (χ2n) is 4.53. The van der Waals surface area contributed by atoms with Crippen molar-refractivity contribution in [3.8, 4) is 0 Å². The third kappa shape index (κ3) is 3.96. The quantitative estimate of drug-likeness (QED) is 0.861. The molecule has 0 unspecified atom stereocenters.